The third kappa shape index (κ3) is 3.96. The fourth-order valence-electron chi connectivity index (χ4n) is 1.97. The largest absolute Gasteiger partial charge is 0.423 e. The van der Waals surface area contributed by atoms with E-state index < -0.39 is 22.4 Å². The zero-order valence-electron chi connectivity index (χ0n) is 11.4. The maximum atomic E-state index is 12.8. The number of aryl methyl sites for hydroxylation is 1. The van der Waals surface area contributed by atoms with Gasteiger partial charge in [-0.05, 0) is 31.0 Å². The standard InChI is InChI=1S/C13H13F3N4O2/c14-13(15,16)11-8-10(3-4-12(11)20(21)22)17-6-1-2-9-5-7-18-19-9/h3-5,7-8,17H,1-2,6H2,(H,18,19). The molecule has 1 aromatic heterocycles. The first-order valence-electron chi connectivity index (χ1n) is 6.45. The molecule has 0 saturated carbocycles. The molecular weight excluding hydrogens is 301 g/mol. The first kappa shape index (κ1) is 15.8. The Morgan fingerprint density at radius 3 is 2.68 bits per heavy atom. The predicted molar refractivity (Wildman–Crippen MR) is 73.5 cm³/mol. The maximum Gasteiger partial charge on any atom is 0.423 e. The number of nitrogens with one attached hydrogen (secondary N) is 2. The van der Waals surface area contributed by atoms with E-state index in [0.717, 1.165) is 17.8 Å². The quantitative estimate of drug-likeness (QED) is 0.486. The highest BCUT2D eigenvalue weighted by Gasteiger charge is 2.38. The second kappa shape index (κ2) is 6.46. The summed E-state index contributed by atoms with van der Waals surface area (Å²) >= 11 is 0. The van der Waals surface area contributed by atoms with Gasteiger partial charge in [-0.1, -0.05) is 0 Å². The molecule has 2 aromatic rings. The minimum Gasteiger partial charge on any atom is -0.385 e. The zero-order valence-corrected chi connectivity index (χ0v) is 11.4. The number of benzene rings is 1. The van der Waals surface area contributed by atoms with Crippen molar-refractivity contribution in [3.05, 3.63) is 51.8 Å². The molecule has 1 heterocycles. The van der Waals surface area contributed by atoms with Crippen LogP contribution in [0.25, 0.3) is 0 Å². The Morgan fingerprint density at radius 1 is 1.32 bits per heavy atom. The summed E-state index contributed by atoms with van der Waals surface area (Å²) in [6.07, 6.45) is -1.77. The summed E-state index contributed by atoms with van der Waals surface area (Å²) in [6.45, 7) is 0.439. The summed E-state index contributed by atoms with van der Waals surface area (Å²) in [4.78, 5) is 9.61. The van der Waals surface area contributed by atoms with Crippen LogP contribution < -0.4 is 5.32 Å². The van der Waals surface area contributed by atoms with Crippen molar-refractivity contribution in [1.29, 1.82) is 0 Å². The molecule has 0 radical (unpaired) electrons. The van der Waals surface area contributed by atoms with Gasteiger partial charge >= 0.3 is 6.18 Å². The van der Waals surface area contributed by atoms with Crippen molar-refractivity contribution in [2.24, 2.45) is 0 Å². The number of nitro benzene ring substituents is 1. The summed E-state index contributed by atoms with van der Waals surface area (Å²) < 4.78 is 38.5. The highest BCUT2D eigenvalue weighted by Crippen LogP contribution is 2.37. The predicted octanol–water partition coefficient (Wildman–Crippen LogP) is 3.38. The van der Waals surface area contributed by atoms with E-state index in [2.05, 4.69) is 15.5 Å². The van der Waals surface area contributed by atoms with Crippen LogP contribution in [0.1, 0.15) is 17.7 Å². The van der Waals surface area contributed by atoms with Gasteiger partial charge in [-0.3, -0.25) is 15.2 Å². The summed E-state index contributed by atoms with van der Waals surface area (Å²) in [7, 11) is 0. The molecule has 9 heteroatoms. The molecule has 0 saturated heterocycles. The van der Waals surface area contributed by atoms with Gasteiger partial charge < -0.3 is 5.32 Å². The van der Waals surface area contributed by atoms with E-state index in [9.17, 15) is 23.3 Å². The zero-order chi connectivity index (χ0) is 16.2. The van der Waals surface area contributed by atoms with Gasteiger partial charge in [0.05, 0.1) is 4.92 Å². The number of hydrogen-bond acceptors (Lipinski definition) is 4. The first-order chi connectivity index (χ1) is 10.4. The SMILES string of the molecule is O=[N+]([O-])c1ccc(NCCCc2ccn[nH]2)cc1C(F)(F)F. The van der Waals surface area contributed by atoms with E-state index in [4.69, 9.17) is 0 Å². The van der Waals surface area contributed by atoms with Crippen molar-refractivity contribution in [3.63, 3.8) is 0 Å². The number of aromatic nitrogens is 2. The van der Waals surface area contributed by atoms with E-state index in [-0.39, 0.29) is 5.69 Å². The van der Waals surface area contributed by atoms with Gasteiger partial charge in [0.15, 0.2) is 0 Å². The molecule has 0 aliphatic carbocycles. The van der Waals surface area contributed by atoms with Crippen LogP contribution in [0.4, 0.5) is 24.5 Å². The Kier molecular flexibility index (Phi) is 4.64. The van der Waals surface area contributed by atoms with Gasteiger partial charge in [0.2, 0.25) is 0 Å². The van der Waals surface area contributed by atoms with Crippen molar-refractivity contribution in [2.75, 3.05) is 11.9 Å². The number of nitro groups is 1. The van der Waals surface area contributed by atoms with Crippen molar-refractivity contribution in [3.8, 4) is 0 Å². The number of H-pyrrole nitrogens is 1. The van der Waals surface area contributed by atoms with Crippen molar-refractivity contribution < 1.29 is 18.1 Å². The lowest BCUT2D eigenvalue weighted by Crippen LogP contribution is -2.10. The van der Waals surface area contributed by atoms with Crippen molar-refractivity contribution in [1.82, 2.24) is 10.2 Å². The number of aromatic amines is 1. The topological polar surface area (TPSA) is 83.8 Å². The molecule has 0 aliphatic rings. The number of anilines is 1. The lowest BCUT2D eigenvalue weighted by molar-refractivity contribution is -0.388. The van der Waals surface area contributed by atoms with Crippen molar-refractivity contribution in [2.45, 2.75) is 19.0 Å². The minimum absolute atomic E-state index is 0.197. The van der Waals surface area contributed by atoms with Crippen molar-refractivity contribution >= 4 is 11.4 Å². The number of alkyl halides is 3. The smallest absolute Gasteiger partial charge is 0.385 e. The molecule has 6 nitrogen and oxygen atoms in total. The molecule has 0 unspecified atom stereocenters. The average molecular weight is 314 g/mol. The van der Waals surface area contributed by atoms with Gasteiger partial charge in [-0.25, -0.2) is 0 Å². The molecular formula is C13H13F3N4O2. The van der Waals surface area contributed by atoms with E-state index in [1.54, 1.807) is 6.20 Å². The number of hydrogen-bond donors (Lipinski definition) is 2. The Bertz CT molecular complexity index is 641. The van der Waals surface area contributed by atoms with Gasteiger partial charge in [0, 0.05) is 30.2 Å². The molecule has 0 spiro atoms. The summed E-state index contributed by atoms with van der Waals surface area (Å²) in [6, 6.07) is 4.70. The average Bonchev–Trinajstić information content (AvgIpc) is 2.95. The lowest BCUT2D eigenvalue weighted by Gasteiger charge is -2.11. The molecule has 0 fully saturated rings. The second-order valence-electron chi connectivity index (χ2n) is 4.60. The Balaban J connectivity index is 2.01. The molecule has 0 aliphatic heterocycles. The van der Waals surface area contributed by atoms with Gasteiger partial charge in [-0.15, -0.1) is 0 Å². The van der Waals surface area contributed by atoms with Crippen LogP contribution in [0.3, 0.4) is 0 Å². The molecule has 1 aromatic carbocycles. The molecule has 22 heavy (non-hydrogen) atoms. The Hall–Kier alpha value is -2.58. The van der Waals surface area contributed by atoms with Crippen LogP contribution in [0, 0.1) is 10.1 Å². The molecule has 118 valence electrons. The van der Waals surface area contributed by atoms with Crippen LogP contribution in [0.2, 0.25) is 0 Å². The van der Waals surface area contributed by atoms with Gasteiger partial charge in [-0.2, -0.15) is 18.3 Å². The molecule has 2 rings (SSSR count). The monoisotopic (exact) mass is 314 g/mol. The van der Waals surface area contributed by atoms with Gasteiger partial charge in [0.1, 0.15) is 5.56 Å². The molecule has 0 amide bonds. The Morgan fingerprint density at radius 2 is 2.09 bits per heavy atom. The summed E-state index contributed by atoms with van der Waals surface area (Å²) in [5.41, 5.74) is -1.07. The highest BCUT2D eigenvalue weighted by molar-refractivity contribution is 5.55. The fraction of sp³-hybridized carbons (Fsp3) is 0.308. The third-order valence-electron chi connectivity index (χ3n) is 3.01. The molecule has 0 atom stereocenters. The molecule has 0 bridgehead atoms. The van der Waals surface area contributed by atoms with Crippen LogP contribution in [0.15, 0.2) is 30.5 Å². The van der Waals surface area contributed by atoms with E-state index in [1.807, 2.05) is 6.07 Å². The van der Waals surface area contributed by atoms with E-state index in [0.29, 0.717) is 19.4 Å². The van der Waals surface area contributed by atoms with Crippen LogP contribution in [0.5, 0.6) is 0 Å². The fourth-order valence-corrected chi connectivity index (χ4v) is 1.97. The normalized spacial score (nSPS) is 11.4. The van der Waals surface area contributed by atoms with E-state index >= 15 is 0 Å². The van der Waals surface area contributed by atoms with E-state index in [1.165, 1.54) is 6.07 Å². The van der Waals surface area contributed by atoms with Crippen LogP contribution in [-0.4, -0.2) is 21.7 Å². The number of nitrogens with zero attached hydrogens (tertiary/aromatic N) is 2. The Labute approximate surface area is 123 Å². The van der Waals surface area contributed by atoms with Gasteiger partial charge in [0.25, 0.3) is 5.69 Å². The summed E-state index contributed by atoms with van der Waals surface area (Å²) in [5, 5.41) is 20.0. The minimum atomic E-state index is -4.77. The second-order valence-corrected chi connectivity index (χ2v) is 4.60. The lowest BCUT2D eigenvalue weighted by atomic mass is 10.1. The number of rotatable bonds is 6. The molecule has 2 N–H and O–H groups in total. The summed E-state index contributed by atoms with van der Waals surface area (Å²) in [5.74, 6) is 0. The van der Waals surface area contributed by atoms with Crippen LogP contribution >= 0.6 is 0 Å². The maximum absolute atomic E-state index is 12.8. The first-order valence-corrected chi connectivity index (χ1v) is 6.45. The van der Waals surface area contributed by atoms with Crippen LogP contribution in [-0.2, 0) is 12.6 Å². The highest BCUT2D eigenvalue weighted by atomic mass is 19.4. The third-order valence-corrected chi connectivity index (χ3v) is 3.01. The number of halogens is 3.